The van der Waals surface area contributed by atoms with Gasteiger partial charge in [0.15, 0.2) is 6.10 Å². The van der Waals surface area contributed by atoms with Crippen molar-refractivity contribution in [2.24, 2.45) is 11.8 Å². The summed E-state index contributed by atoms with van der Waals surface area (Å²) in [6.45, 7) is 11.4. The third kappa shape index (κ3) is 53.2. The molecule has 0 aromatic carbocycles. The molecule has 0 rings (SSSR count). The van der Waals surface area contributed by atoms with Gasteiger partial charge in [0.1, 0.15) is 13.2 Å². The standard InChI is InChI=1S/C59H114O6/c1-6-7-8-9-10-11-12-13-14-15-16-19-22-25-28-34-39-44-49-57(60)63-52-56(53-64-58(61)50-45-40-35-31-30-33-38-43-48-55(4)5)65-59(62)51-46-41-36-29-26-23-20-17-18-21-24-27-32-37-42-47-54(2)3/h54-56H,6-53H2,1-5H3/t56-/m0/s1. The molecule has 0 aromatic heterocycles. The summed E-state index contributed by atoms with van der Waals surface area (Å²) in [4.78, 5) is 38.1. The second-order valence-corrected chi connectivity index (χ2v) is 21.2. The van der Waals surface area contributed by atoms with Gasteiger partial charge < -0.3 is 14.2 Å². The lowest BCUT2D eigenvalue weighted by molar-refractivity contribution is -0.167. The van der Waals surface area contributed by atoms with E-state index in [1.54, 1.807) is 0 Å². The van der Waals surface area contributed by atoms with Crippen LogP contribution in [0.2, 0.25) is 0 Å². The molecule has 0 N–H and O–H groups in total. The second kappa shape index (κ2) is 51.8. The number of esters is 3. The molecule has 0 saturated heterocycles. The lowest BCUT2D eigenvalue weighted by atomic mass is 10.0. The Hall–Kier alpha value is -1.59. The fourth-order valence-corrected chi connectivity index (χ4v) is 9.05. The third-order valence-corrected chi connectivity index (χ3v) is 13.5. The van der Waals surface area contributed by atoms with Crippen LogP contribution in [-0.4, -0.2) is 37.2 Å². The fraction of sp³-hybridized carbons (Fsp3) is 0.949. The molecule has 0 radical (unpaired) electrons. The van der Waals surface area contributed by atoms with Gasteiger partial charge >= 0.3 is 17.9 Å². The van der Waals surface area contributed by atoms with E-state index in [1.807, 2.05) is 0 Å². The van der Waals surface area contributed by atoms with Crippen LogP contribution in [0.25, 0.3) is 0 Å². The van der Waals surface area contributed by atoms with Crippen molar-refractivity contribution in [1.82, 2.24) is 0 Å². The molecule has 0 aliphatic rings. The first-order valence-electron chi connectivity index (χ1n) is 29.2. The predicted octanol–water partition coefficient (Wildman–Crippen LogP) is 19.3. The van der Waals surface area contributed by atoms with Gasteiger partial charge in [-0.3, -0.25) is 14.4 Å². The lowest BCUT2D eigenvalue weighted by Gasteiger charge is -2.18. The Balaban J connectivity index is 4.25. The molecular formula is C59H114O6. The van der Waals surface area contributed by atoms with Crippen LogP contribution in [0.1, 0.15) is 330 Å². The van der Waals surface area contributed by atoms with E-state index < -0.39 is 6.10 Å². The highest BCUT2D eigenvalue weighted by Gasteiger charge is 2.19. The minimum absolute atomic E-state index is 0.0630. The summed E-state index contributed by atoms with van der Waals surface area (Å²) in [6, 6.07) is 0. The molecule has 65 heavy (non-hydrogen) atoms. The van der Waals surface area contributed by atoms with Gasteiger partial charge in [-0.15, -0.1) is 0 Å². The highest BCUT2D eigenvalue weighted by Crippen LogP contribution is 2.18. The van der Waals surface area contributed by atoms with Crippen molar-refractivity contribution in [3.63, 3.8) is 0 Å². The van der Waals surface area contributed by atoms with Crippen molar-refractivity contribution in [3.8, 4) is 0 Å². The number of hydrogen-bond acceptors (Lipinski definition) is 6. The number of carbonyl (C=O) groups is 3. The Morgan fingerprint density at radius 3 is 0.754 bits per heavy atom. The van der Waals surface area contributed by atoms with Gasteiger partial charge in [0.05, 0.1) is 0 Å². The molecule has 0 saturated carbocycles. The minimum atomic E-state index is -0.763. The van der Waals surface area contributed by atoms with E-state index in [0.29, 0.717) is 19.3 Å². The van der Waals surface area contributed by atoms with Gasteiger partial charge in [0.2, 0.25) is 0 Å². The number of ether oxygens (including phenoxy) is 3. The van der Waals surface area contributed by atoms with Gasteiger partial charge in [0, 0.05) is 19.3 Å². The summed E-state index contributed by atoms with van der Waals surface area (Å²) >= 11 is 0. The maximum Gasteiger partial charge on any atom is 0.306 e. The van der Waals surface area contributed by atoms with Crippen LogP contribution in [0.5, 0.6) is 0 Å². The highest BCUT2D eigenvalue weighted by atomic mass is 16.6. The van der Waals surface area contributed by atoms with E-state index in [-0.39, 0.29) is 31.1 Å². The molecular weight excluding hydrogens is 805 g/mol. The van der Waals surface area contributed by atoms with Crippen molar-refractivity contribution in [1.29, 1.82) is 0 Å². The predicted molar refractivity (Wildman–Crippen MR) is 280 cm³/mol. The van der Waals surface area contributed by atoms with Crippen LogP contribution < -0.4 is 0 Å². The van der Waals surface area contributed by atoms with Gasteiger partial charge in [-0.2, -0.15) is 0 Å². The second-order valence-electron chi connectivity index (χ2n) is 21.2. The summed E-state index contributed by atoms with van der Waals surface area (Å²) in [7, 11) is 0. The summed E-state index contributed by atoms with van der Waals surface area (Å²) in [5.41, 5.74) is 0. The van der Waals surface area contributed by atoms with E-state index >= 15 is 0 Å². The Labute approximate surface area is 406 Å². The first-order valence-corrected chi connectivity index (χ1v) is 29.2. The van der Waals surface area contributed by atoms with E-state index in [2.05, 4.69) is 34.6 Å². The maximum absolute atomic E-state index is 12.9. The Kier molecular flexibility index (Phi) is 50.5. The monoisotopic (exact) mass is 919 g/mol. The number of hydrogen-bond donors (Lipinski definition) is 0. The third-order valence-electron chi connectivity index (χ3n) is 13.5. The lowest BCUT2D eigenvalue weighted by Crippen LogP contribution is -2.30. The van der Waals surface area contributed by atoms with Gasteiger partial charge in [0.25, 0.3) is 0 Å². The summed E-state index contributed by atoms with van der Waals surface area (Å²) in [5, 5.41) is 0. The van der Waals surface area contributed by atoms with Crippen LogP contribution >= 0.6 is 0 Å². The number of rotatable bonds is 53. The van der Waals surface area contributed by atoms with E-state index in [1.165, 1.54) is 218 Å². The SMILES string of the molecule is CCCCCCCCCCCCCCCCCCCCC(=O)OC[C@@H](COC(=O)CCCCCCCCCCC(C)C)OC(=O)CCCCCCCCCCCCCCCCCC(C)C. The first kappa shape index (κ1) is 63.4. The highest BCUT2D eigenvalue weighted by molar-refractivity contribution is 5.71. The molecule has 0 unspecified atom stereocenters. The largest absolute Gasteiger partial charge is 0.462 e. The summed E-state index contributed by atoms with van der Waals surface area (Å²) in [6.07, 6.45) is 55.3. The summed E-state index contributed by atoms with van der Waals surface area (Å²) < 4.78 is 16.9. The van der Waals surface area contributed by atoms with Crippen molar-refractivity contribution in [2.45, 2.75) is 336 Å². The van der Waals surface area contributed by atoms with Gasteiger partial charge in [-0.25, -0.2) is 0 Å². The molecule has 0 amide bonds. The maximum atomic E-state index is 12.9. The number of unbranched alkanes of at least 4 members (excludes halogenated alkanes) is 38. The smallest absolute Gasteiger partial charge is 0.306 e. The molecule has 0 aromatic rings. The van der Waals surface area contributed by atoms with Crippen molar-refractivity contribution in [2.75, 3.05) is 13.2 Å². The average molecular weight is 920 g/mol. The number of carbonyl (C=O) groups excluding carboxylic acids is 3. The molecule has 0 aliphatic carbocycles. The molecule has 0 bridgehead atoms. The van der Waals surface area contributed by atoms with Gasteiger partial charge in [-0.05, 0) is 31.1 Å². The molecule has 6 heteroatoms. The van der Waals surface area contributed by atoms with Crippen LogP contribution in [-0.2, 0) is 28.6 Å². The van der Waals surface area contributed by atoms with Crippen molar-refractivity contribution < 1.29 is 28.6 Å². The van der Waals surface area contributed by atoms with Gasteiger partial charge in [-0.1, -0.05) is 291 Å². The zero-order chi connectivity index (χ0) is 47.5. The van der Waals surface area contributed by atoms with Crippen molar-refractivity contribution >= 4 is 17.9 Å². The Morgan fingerprint density at radius 1 is 0.292 bits per heavy atom. The summed E-state index contributed by atoms with van der Waals surface area (Å²) in [5.74, 6) is 0.803. The first-order chi connectivity index (χ1) is 31.7. The zero-order valence-electron chi connectivity index (χ0n) is 44.6. The topological polar surface area (TPSA) is 78.9 Å². The quantitative estimate of drug-likeness (QED) is 0.0344. The van der Waals surface area contributed by atoms with Crippen LogP contribution in [0.3, 0.4) is 0 Å². The van der Waals surface area contributed by atoms with Crippen LogP contribution in [0.4, 0.5) is 0 Å². The Bertz CT molecular complexity index is 993. The average Bonchev–Trinajstić information content (AvgIpc) is 3.28. The van der Waals surface area contributed by atoms with Crippen molar-refractivity contribution in [3.05, 3.63) is 0 Å². The van der Waals surface area contributed by atoms with Crippen LogP contribution in [0, 0.1) is 11.8 Å². The molecule has 6 nitrogen and oxygen atoms in total. The minimum Gasteiger partial charge on any atom is -0.462 e. The normalized spacial score (nSPS) is 12.0. The molecule has 0 aliphatic heterocycles. The molecule has 386 valence electrons. The fourth-order valence-electron chi connectivity index (χ4n) is 9.05. The zero-order valence-corrected chi connectivity index (χ0v) is 44.6. The molecule has 0 fully saturated rings. The van der Waals surface area contributed by atoms with E-state index in [0.717, 1.165) is 69.6 Å². The molecule has 1 atom stereocenters. The van der Waals surface area contributed by atoms with Crippen LogP contribution in [0.15, 0.2) is 0 Å². The molecule has 0 heterocycles. The van der Waals surface area contributed by atoms with E-state index in [9.17, 15) is 14.4 Å². The van der Waals surface area contributed by atoms with E-state index in [4.69, 9.17) is 14.2 Å². The Morgan fingerprint density at radius 2 is 0.508 bits per heavy atom. The molecule has 0 spiro atoms.